The minimum absolute atomic E-state index is 0.0399. The topological polar surface area (TPSA) is 78.1 Å². The Bertz CT molecular complexity index is 1870. The summed E-state index contributed by atoms with van der Waals surface area (Å²) in [6, 6.07) is 29.0. The number of aromatic nitrogens is 2. The van der Waals surface area contributed by atoms with Gasteiger partial charge in [-0.1, -0.05) is 66.7 Å². The SMILES string of the molecule is [2H]C([2H])c1nc2c([nH]1)C([2H])([2H])C([2H])([2H])N(C(=O)c1ccc(NC(=O)c3ccccc3-c3ccccc3)cc1)c1ccccc1-2. The van der Waals surface area contributed by atoms with Crippen LogP contribution in [0.3, 0.4) is 0 Å². The average Bonchev–Trinajstić information content (AvgIpc) is 3.47. The molecule has 5 aromatic rings. The van der Waals surface area contributed by atoms with E-state index in [0.717, 1.165) is 16.0 Å². The number of carbonyl (C=O) groups excluding carboxylic acids is 2. The first kappa shape index (κ1) is 17.5. The van der Waals surface area contributed by atoms with Crippen LogP contribution < -0.4 is 10.2 Å². The minimum atomic E-state index is -2.91. The van der Waals surface area contributed by atoms with Gasteiger partial charge in [0.1, 0.15) is 5.82 Å². The molecule has 0 saturated carbocycles. The molecule has 2 amide bonds. The predicted octanol–water partition coefficient (Wildman–Crippen LogP) is 6.51. The Kier molecular flexibility index (Phi) is 4.52. The molecule has 0 spiro atoms. The Morgan fingerprint density at radius 3 is 2.39 bits per heavy atom. The summed E-state index contributed by atoms with van der Waals surface area (Å²) in [5.41, 5.74) is 2.77. The van der Waals surface area contributed by atoms with Crippen LogP contribution in [0.5, 0.6) is 0 Å². The quantitative estimate of drug-likeness (QED) is 0.293. The van der Waals surface area contributed by atoms with E-state index in [4.69, 9.17) is 8.22 Å². The number of anilines is 2. The van der Waals surface area contributed by atoms with Crippen molar-refractivity contribution in [3.8, 4) is 22.4 Å². The Morgan fingerprint density at radius 2 is 1.61 bits per heavy atom. The summed E-state index contributed by atoms with van der Waals surface area (Å²) in [4.78, 5) is 34.9. The van der Waals surface area contributed by atoms with E-state index in [1.807, 2.05) is 42.5 Å². The van der Waals surface area contributed by atoms with Gasteiger partial charge in [-0.2, -0.15) is 0 Å². The maximum Gasteiger partial charge on any atom is 0.258 e. The highest BCUT2D eigenvalue weighted by atomic mass is 16.2. The number of benzene rings is 4. The van der Waals surface area contributed by atoms with Gasteiger partial charge in [0.15, 0.2) is 0 Å². The number of fused-ring (bicyclic) bond motifs is 3. The van der Waals surface area contributed by atoms with E-state index in [1.165, 1.54) is 30.3 Å². The van der Waals surface area contributed by atoms with Crippen LogP contribution in [-0.4, -0.2) is 28.3 Å². The van der Waals surface area contributed by atoms with E-state index in [-0.39, 0.29) is 39.9 Å². The molecule has 2 heterocycles. The third-order valence-electron chi connectivity index (χ3n) is 6.26. The summed E-state index contributed by atoms with van der Waals surface area (Å²) >= 11 is 0. The van der Waals surface area contributed by atoms with E-state index < -0.39 is 25.7 Å². The molecule has 2 N–H and O–H groups in total. The number of nitrogens with one attached hydrogen (secondary N) is 2. The van der Waals surface area contributed by atoms with Gasteiger partial charge in [-0.25, -0.2) is 4.98 Å². The molecule has 0 atom stereocenters. The highest BCUT2D eigenvalue weighted by molar-refractivity contribution is 6.10. The molecule has 1 aromatic heterocycles. The largest absolute Gasteiger partial charge is 0.346 e. The molecule has 0 radical (unpaired) electrons. The minimum Gasteiger partial charge on any atom is -0.346 e. The van der Waals surface area contributed by atoms with Crippen molar-refractivity contribution >= 4 is 23.2 Å². The van der Waals surface area contributed by atoms with Gasteiger partial charge in [0.05, 0.1) is 14.1 Å². The molecular formula is C32H26N4O2. The maximum atomic E-state index is 14.0. The number of nitrogens with zero attached hydrogens (tertiary/aromatic N) is 2. The Hall–Kier alpha value is -4.97. The van der Waals surface area contributed by atoms with Crippen LogP contribution in [0.15, 0.2) is 103 Å². The second kappa shape index (κ2) is 9.82. The van der Waals surface area contributed by atoms with E-state index in [0.29, 0.717) is 11.3 Å². The molecule has 4 aromatic carbocycles. The van der Waals surface area contributed by atoms with Crippen LogP contribution in [0.4, 0.5) is 11.4 Å². The van der Waals surface area contributed by atoms with Crippen LogP contribution in [0.1, 0.15) is 40.5 Å². The van der Waals surface area contributed by atoms with E-state index >= 15 is 0 Å². The lowest BCUT2D eigenvalue weighted by Crippen LogP contribution is -2.32. The molecule has 1 aliphatic heterocycles. The number of imidazole rings is 1. The summed E-state index contributed by atoms with van der Waals surface area (Å²) in [6.07, 6.45) is -2.79. The van der Waals surface area contributed by atoms with Crippen molar-refractivity contribution in [2.45, 2.75) is 13.2 Å². The molecular weight excluding hydrogens is 472 g/mol. The molecule has 0 fully saturated rings. The fourth-order valence-electron chi connectivity index (χ4n) is 4.45. The Morgan fingerprint density at radius 1 is 0.895 bits per heavy atom. The number of amides is 2. The summed E-state index contributed by atoms with van der Waals surface area (Å²) in [5, 5.41) is 2.85. The van der Waals surface area contributed by atoms with E-state index in [1.54, 1.807) is 30.3 Å². The van der Waals surface area contributed by atoms with Crippen molar-refractivity contribution in [3.63, 3.8) is 0 Å². The van der Waals surface area contributed by atoms with Gasteiger partial charge in [-0.05, 0) is 54.4 Å². The number of carbonyl (C=O) groups is 2. The predicted molar refractivity (Wildman–Crippen MR) is 150 cm³/mol. The fraction of sp³-hybridized carbons (Fsp3) is 0.0938. The standard InChI is InChI=1S/C32H26N4O2/c1-21-33-28-19-20-36(29-14-8-7-13-27(29)30(28)34-21)32(38)23-15-17-24(18-16-23)35-31(37)26-12-6-5-11-25(26)22-9-3-2-4-10-22/h2-18H,19-20H2,1H3,(H,33,34)(H,35,37)/i1D2,19D2,20D2. The van der Waals surface area contributed by atoms with Gasteiger partial charge >= 0.3 is 0 Å². The van der Waals surface area contributed by atoms with Crippen molar-refractivity contribution in [1.82, 2.24) is 9.97 Å². The number of hydrogen-bond acceptors (Lipinski definition) is 3. The fourth-order valence-corrected chi connectivity index (χ4v) is 4.45. The number of aromatic amines is 1. The molecule has 6 rings (SSSR count). The molecule has 186 valence electrons. The monoisotopic (exact) mass is 504 g/mol. The van der Waals surface area contributed by atoms with E-state index in [9.17, 15) is 9.59 Å². The molecule has 0 saturated heterocycles. The van der Waals surface area contributed by atoms with Gasteiger partial charge < -0.3 is 15.2 Å². The summed E-state index contributed by atoms with van der Waals surface area (Å²) < 4.78 is 50.8. The van der Waals surface area contributed by atoms with Crippen molar-refractivity contribution in [2.75, 3.05) is 16.7 Å². The second-order valence-corrected chi connectivity index (χ2v) is 8.68. The zero-order chi connectivity index (χ0) is 31.2. The maximum absolute atomic E-state index is 14.0. The highest BCUT2D eigenvalue weighted by Gasteiger charge is 2.26. The molecule has 0 unspecified atom stereocenters. The summed E-state index contributed by atoms with van der Waals surface area (Å²) in [5.74, 6) is -1.28. The van der Waals surface area contributed by atoms with Crippen LogP contribution in [0, 0.1) is 6.88 Å². The number of rotatable bonds is 4. The van der Waals surface area contributed by atoms with Gasteiger partial charge in [0.2, 0.25) is 0 Å². The molecule has 6 nitrogen and oxygen atoms in total. The summed E-state index contributed by atoms with van der Waals surface area (Å²) in [7, 11) is 0. The molecule has 0 bridgehead atoms. The third kappa shape index (κ3) is 4.37. The number of para-hydroxylation sites is 1. The molecule has 0 aliphatic carbocycles. The molecule has 1 aliphatic rings. The first-order chi connectivity index (χ1) is 21.0. The first-order valence-corrected chi connectivity index (χ1v) is 12.0. The number of hydrogen-bond donors (Lipinski definition) is 2. The average molecular weight is 505 g/mol. The zero-order valence-corrected chi connectivity index (χ0v) is 20.1. The lowest BCUT2D eigenvalue weighted by molar-refractivity contribution is 0.0986. The van der Waals surface area contributed by atoms with Crippen LogP contribution in [0.25, 0.3) is 22.4 Å². The van der Waals surface area contributed by atoms with Crippen LogP contribution in [0.2, 0.25) is 0 Å². The summed E-state index contributed by atoms with van der Waals surface area (Å²) in [6.45, 7) is -4.46. The zero-order valence-electron chi connectivity index (χ0n) is 26.1. The van der Waals surface area contributed by atoms with E-state index in [2.05, 4.69) is 15.3 Å². The van der Waals surface area contributed by atoms with Crippen molar-refractivity contribution < 1.29 is 17.8 Å². The van der Waals surface area contributed by atoms with Crippen molar-refractivity contribution in [1.29, 1.82) is 0 Å². The smallest absolute Gasteiger partial charge is 0.258 e. The number of aryl methyl sites for hydroxylation is 2. The van der Waals surface area contributed by atoms with Gasteiger partial charge in [-0.15, -0.1) is 0 Å². The Labute approximate surface area is 229 Å². The number of H-pyrrole nitrogens is 1. The first-order valence-electron chi connectivity index (χ1n) is 15.1. The van der Waals surface area contributed by atoms with Gasteiger partial charge in [0.25, 0.3) is 11.8 Å². The third-order valence-corrected chi connectivity index (χ3v) is 6.26. The van der Waals surface area contributed by atoms with Crippen LogP contribution >= 0.6 is 0 Å². The highest BCUT2D eigenvalue weighted by Crippen LogP contribution is 2.36. The normalized spacial score (nSPS) is 17.3. The Balaban J connectivity index is 1.32. The second-order valence-electron chi connectivity index (χ2n) is 8.68. The molecule has 38 heavy (non-hydrogen) atoms. The lowest BCUT2D eigenvalue weighted by Gasteiger charge is -2.23. The molecule has 6 heteroatoms. The van der Waals surface area contributed by atoms with Crippen molar-refractivity contribution in [3.05, 3.63) is 126 Å². The van der Waals surface area contributed by atoms with Crippen molar-refractivity contribution in [2.24, 2.45) is 0 Å². The van der Waals surface area contributed by atoms with Gasteiger partial charge in [-0.3, -0.25) is 9.59 Å². The van der Waals surface area contributed by atoms with Crippen LogP contribution in [-0.2, 0) is 6.37 Å². The van der Waals surface area contributed by atoms with Gasteiger partial charge in [0, 0.05) is 46.4 Å². The lowest BCUT2D eigenvalue weighted by atomic mass is 9.99.